The summed E-state index contributed by atoms with van der Waals surface area (Å²) in [6.45, 7) is 2.39. The predicted molar refractivity (Wildman–Crippen MR) is 94.3 cm³/mol. The predicted octanol–water partition coefficient (Wildman–Crippen LogP) is 2.53. The Morgan fingerprint density at radius 1 is 1.20 bits per heavy atom. The van der Waals surface area contributed by atoms with Gasteiger partial charge in [-0.25, -0.2) is 9.50 Å². The van der Waals surface area contributed by atoms with Crippen LogP contribution in [0.3, 0.4) is 0 Å². The first-order valence-corrected chi connectivity index (χ1v) is 7.88. The van der Waals surface area contributed by atoms with E-state index in [1.807, 2.05) is 31.2 Å². The fraction of sp³-hybridized carbons (Fsp3) is 0.167. The van der Waals surface area contributed by atoms with Crippen LogP contribution in [0.25, 0.3) is 28.2 Å². The van der Waals surface area contributed by atoms with E-state index in [1.54, 1.807) is 19.4 Å². The molecule has 1 aromatic carbocycles. The van der Waals surface area contributed by atoms with Crippen LogP contribution in [0, 0.1) is 6.92 Å². The molecule has 0 aliphatic carbocycles. The summed E-state index contributed by atoms with van der Waals surface area (Å²) in [5, 5.41) is 9.89. The van der Waals surface area contributed by atoms with Gasteiger partial charge in [-0.05, 0) is 18.6 Å². The number of H-pyrrole nitrogens is 2. The van der Waals surface area contributed by atoms with Crippen LogP contribution in [0.1, 0.15) is 11.3 Å². The van der Waals surface area contributed by atoms with Crippen molar-refractivity contribution in [2.75, 3.05) is 7.11 Å². The van der Waals surface area contributed by atoms with Crippen molar-refractivity contribution in [3.05, 3.63) is 64.2 Å². The number of hydrogen-bond donors (Lipinski definition) is 2. The molecule has 0 saturated carbocycles. The Hall–Kier alpha value is -3.19. The summed E-state index contributed by atoms with van der Waals surface area (Å²) < 4.78 is 6.74. The molecule has 4 aromatic rings. The molecule has 2 N–H and O–H groups in total. The molecule has 7 nitrogen and oxygen atoms in total. The van der Waals surface area contributed by atoms with Crippen LogP contribution < -0.4 is 5.56 Å². The third-order valence-electron chi connectivity index (χ3n) is 4.10. The molecule has 0 radical (unpaired) electrons. The van der Waals surface area contributed by atoms with Gasteiger partial charge < -0.3 is 4.74 Å². The molecular weight excluding hydrogens is 318 g/mol. The van der Waals surface area contributed by atoms with Gasteiger partial charge in [0.2, 0.25) is 0 Å². The second-order valence-electron chi connectivity index (χ2n) is 5.87. The minimum Gasteiger partial charge on any atom is -0.378 e. The second kappa shape index (κ2) is 6.03. The SMILES string of the molecule is COCc1[nH]n2c(=O)cc(-c3ccn[nH]3)nc2c1-c1ccc(C)cc1. The molecule has 0 atom stereocenters. The van der Waals surface area contributed by atoms with Crippen molar-refractivity contribution in [1.29, 1.82) is 0 Å². The maximum absolute atomic E-state index is 12.6. The van der Waals surface area contributed by atoms with E-state index in [0.29, 0.717) is 23.6 Å². The lowest BCUT2D eigenvalue weighted by Crippen LogP contribution is -2.14. The minimum atomic E-state index is -0.190. The van der Waals surface area contributed by atoms with Crippen molar-refractivity contribution in [3.63, 3.8) is 0 Å². The van der Waals surface area contributed by atoms with Crippen molar-refractivity contribution >= 4 is 5.65 Å². The zero-order chi connectivity index (χ0) is 17.4. The molecule has 7 heteroatoms. The molecule has 3 heterocycles. The molecule has 0 amide bonds. The van der Waals surface area contributed by atoms with Crippen LogP contribution in [0.15, 0.2) is 47.4 Å². The summed E-state index contributed by atoms with van der Waals surface area (Å²) in [6, 6.07) is 11.4. The van der Waals surface area contributed by atoms with Crippen molar-refractivity contribution in [2.45, 2.75) is 13.5 Å². The Balaban J connectivity index is 2.02. The fourth-order valence-electron chi connectivity index (χ4n) is 2.89. The number of methoxy groups -OCH3 is 1. The van der Waals surface area contributed by atoms with Crippen LogP contribution in [-0.2, 0) is 11.3 Å². The highest BCUT2D eigenvalue weighted by Crippen LogP contribution is 2.28. The zero-order valence-electron chi connectivity index (χ0n) is 13.9. The Labute approximate surface area is 143 Å². The first-order chi connectivity index (χ1) is 12.2. The van der Waals surface area contributed by atoms with Gasteiger partial charge in [0.05, 0.1) is 23.7 Å². The Morgan fingerprint density at radius 3 is 2.68 bits per heavy atom. The van der Waals surface area contributed by atoms with Crippen LogP contribution in [-0.4, -0.2) is 31.9 Å². The number of fused-ring (bicyclic) bond motifs is 1. The number of nitrogens with one attached hydrogen (secondary N) is 2. The van der Waals surface area contributed by atoms with Crippen LogP contribution in [0.5, 0.6) is 0 Å². The van der Waals surface area contributed by atoms with Crippen molar-refractivity contribution < 1.29 is 4.74 Å². The molecule has 126 valence electrons. The van der Waals surface area contributed by atoms with E-state index < -0.39 is 0 Å². The van der Waals surface area contributed by atoms with E-state index in [1.165, 1.54) is 16.1 Å². The largest absolute Gasteiger partial charge is 0.378 e. The van der Waals surface area contributed by atoms with Gasteiger partial charge >= 0.3 is 0 Å². The van der Waals surface area contributed by atoms with E-state index in [2.05, 4.69) is 20.3 Å². The average Bonchev–Trinajstić information content (AvgIpc) is 3.24. The number of hydrogen-bond acceptors (Lipinski definition) is 4. The zero-order valence-corrected chi connectivity index (χ0v) is 13.9. The van der Waals surface area contributed by atoms with Crippen molar-refractivity contribution in [2.24, 2.45) is 0 Å². The first kappa shape index (κ1) is 15.3. The van der Waals surface area contributed by atoms with E-state index >= 15 is 0 Å². The summed E-state index contributed by atoms with van der Waals surface area (Å²) in [4.78, 5) is 17.3. The van der Waals surface area contributed by atoms with Gasteiger partial charge in [-0.2, -0.15) is 5.10 Å². The minimum absolute atomic E-state index is 0.190. The molecule has 4 rings (SSSR count). The number of aromatic nitrogens is 5. The first-order valence-electron chi connectivity index (χ1n) is 7.88. The second-order valence-corrected chi connectivity index (χ2v) is 5.87. The van der Waals surface area contributed by atoms with Gasteiger partial charge in [-0.15, -0.1) is 0 Å². The van der Waals surface area contributed by atoms with Crippen molar-refractivity contribution in [3.8, 4) is 22.5 Å². The van der Waals surface area contributed by atoms with Gasteiger partial charge in [0.25, 0.3) is 5.56 Å². The normalized spacial score (nSPS) is 11.3. The van der Waals surface area contributed by atoms with Gasteiger partial charge in [0.15, 0.2) is 5.65 Å². The molecule has 0 bridgehead atoms. The number of aromatic amines is 2. The standard InChI is InChI=1S/C18H17N5O2/c1-11-3-5-12(6-4-11)17-15(10-25-2)22-23-16(24)9-14(20-18(17)23)13-7-8-19-21-13/h3-9,22H,10H2,1-2H3,(H,19,21). The Kier molecular flexibility index (Phi) is 3.70. The van der Waals surface area contributed by atoms with E-state index in [0.717, 1.165) is 16.8 Å². The monoisotopic (exact) mass is 335 g/mol. The highest BCUT2D eigenvalue weighted by atomic mass is 16.5. The van der Waals surface area contributed by atoms with Gasteiger partial charge in [0, 0.05) is 24.9 Å². The summed E-state index contributed by atoms with van der Waals surface area (Å²) >= 11 is 0. The van der Waals surface area contributed by atoms with Crippen LogP contribution >= 0.6 is 0 Å². The maximum Gasteiger partial charge on any atom is 0.273 e. The molecule has 0 aliphatic rings. The smallest absolute Gasteiger partial charge is 0.273 e. The topological polar surface area (TPSA) is 88.1 Å². The third kappa shape index (κ3) is 2.64. The maximum atomic E-state index is 12.6. The molecule has 3 aromatic heterocycles. The lowest BCUT2D eigenvalue weighted by Gasteiger charge is -2.04. The van der Waals surface area contributed by atoms with E-state index in [9.17, 15) is 4.79 Å². The molecule has 0 fully saturated rings. The number of benzene rings is 1. The molecule has 0 spiro atoms. The number of ether oxygens (including phenoxy) is 1. The Bertz CT molecular complexity index is 1080. The molecule has 0 aliphatic heterocycles. The third-order valence-corrected chi connectivity index (χ3v) is 4.10. The van der Waals surface area contributed by atoms with Crippen LogP contribution in [0.2, 0.25) is 0 Å². The molecule has 0 unspecified atom stereocenters. The average molecular weight is 335 g/mol. The van der Waals surface area contributed by atoms with Gasteiger partial charge in [-0.3, -0.25) is 15.0 Å². The fourth-order valence-corrected chi connectivity index (χ4v) is 2.89. The van der Waals surface area contributed by atoms with Crippen LogP contribution in [0.4, 0.5) is 0 Å². The lowest BCUT2D eigenvalue weighted by atomic mass is 10.0. The van der Waals surface area contributed by atoms with E-state index in [4.69, 9.17) is 4.74 Å². The molecular formula is C18H17N5O2. The number of aryl methyl sites for hydroxylation is 1. The highest BCUT2D eigenvalue weighted by Gasteiger charge is 2.17. The highest BCUT2D eigenvalue weighted by molar-refractivity contribution is 5.81. The van der Waals surface area contributed by atoms with Gasteiger partial charge in [-0.1, -0.05) is 29.8 Å². The van der Waals surface area contributed by atoms with Gasteiger partial charge in [0.1, 0.15) is 0 Å². The molecule has 0 saturated heterocycles. The number of rotatable bonds is 4. The summed E-state index contributed by atoms with van der Waals surface area (Å²) in [5.41, 5.74) is 5.43. The lowest BCUT2D eigenvalue weighted by molar-refractivity contribution is 0.181. The summed E-state index contributed by atoms with van der Waals surface area (Å²) in [7, 11) is 1.62. The summed E-state index contributed by atoms with van der Waals surface area (Å²) in [6.07, 6.45) is 1.63. The molecule has 25 heavy (non-hydrogen) atoms. The van der Waals surface area contributed by atoms with E-state index in [-0.39, 0.29) is 5.56 Å². The quantitative estimate of drug-likeness (QED) is 0.600. The summed E-state index contributed by atoms with van der Waals surface area (Å²) in [5.74, 6) is 0. The number of nitrogens with zero attached hydrogens (tertiary/aromatic N) is 3. The van der Waals surface area contributed by atoms with Crippen molar-refractivity contribution in [1.82, 2.24) is 24.8 Å². The Morgan fingerprint density at radius 2 is 2.00 bits per heavy atom.